The Morgan fingerprint density at radius 3 is 2.46 bits per heavy atom. The van der Waals surface area contributed by atoms with Gasteiger partial charge in [-0.15, -0.1) is 0 Å². The third-order valence-electron chi connectivity index (χ3n) is 9.78. The molecule has 12 nitrogen and oxygen atoms in total. The van der Waals surface area contributed by atoms with E-state index in [0.717, 1.165) is 5.76 Å². The van der Waals surface area contributed by atoms with Crippen molar-refractivity contribution < 1.29 is 43.6 Å². The topological polar surface area (TPSA) is 172 Å². The van der Waals surface area contributed by atoms with E-state index in [4.69, 9.17) is 13.9 Å². The number of likely N-dealkylation sites (tertiary alicyclic amines) is 1. The van der Waals surface area contributed by atoms with Gasteiger partial charge in [0.15, 0.2) is 6.39 Å². The molecule has 1 aromatic heterocycles. The van der Waals surface area contributed by atoms with Crippen LogP contribution in [-0.4, -0.2) is 99.2 Å². The van der Waals surface area contributed by atoms with Crippen LogP contribution in [0.4, 0.5) is 0 Å². The summed E-state index contributed by atoms with van der Waals surface area (Å²) in [5.41, 5.74) is -3.87. The Morgan fingerprint density at radius 1 is 1.17 bits per heavy atom. The van der Waals surface area contributed by atoms with Crippen LogP contribution in [0.2, 0.25) is 0 Å². The Kier molecular flexibility index (Phi) is 12.9. The zero-order chi connectivity index (χ0) is 35.9. The Labute approximate surface area is 282 Å². The summed E-state index contributed by atoms with van der Waals surface area (Å²) in [4.78, 5) is 43.7. The third-order valence-corrected chi connectivity index (χ3v) is 9.78. The number of methoxy groups -OCH3 is 1. The molecule has 0 aliphatic carbocycles. The van der Waals surface area contributed by atoms with Gasteiger partial charge in [0.1, 0.15) is 17.5 Å². The highest BCUT2D eigenvalue weighted by Crippen LogP contribution is 2.54. The first-order valence-electron chi connectivity index (χ1n) is 16.2. The highest BCUT2D eigenvalue weighted by Gasteiger charge is 2.80. The van der Waals surface area contributed by atoms with Gasteiger partial charge in [-0.1, -0.05) is 68.5 Å². The molecule has 2 aliphatic heterocycles. The predicted molar refractivity (Wildman–Crippen MR) is 179 cm³/mol. The molecule has 0 bridgehead atoms. The van der Waals surface area contributed by atoms with Gasteiger partial charge in [-0.3, -0.25) is 9.59 Å². The monoisotopic (exact) mass is 669 g/mol. The van der Waals surface area contributed by atoms with Gasteiger partial charge in [-0.25, -0.2) is 9.78 Å². The van der Waals surface area contributed by atoms with Gasteiger partial charge in [0.05, 0.1) is 35.8 Å². The van der Waals surface area contributed by atoms with E-state index in [1.165, 1.54) is 25.5 Å². The van der Waals surface area contributed by atoms with E-state index in [2.05, 4.69) is 10.3 Å². The minimum absolute atomic E-state index is 0.160. The van der Waals surface area contributed by atoms with Crippen molar-refractivity contribution in [2.75, 3.05) is 20.7 Å². The zero-order valence-corrected chi connectivity index (χ0v) is 29.1. The Balaban J connectivity index is 1.50. The second-order valence-corrected chi connectivity index (χ2v) is 13.2. The molecule has 2 amide bonds. The molecule has 48 heavy (non-hydrogen) atoms. The van der Waals surface area contributed by atoms with Gasteiger partial charge in [0.2, 0.25) is 17.4 Å². The van der Waals surface area contributed by atoms with E-state index >= 15 is 0 Å². The number of aliphatic hydroxyl groups is 3. The number of oxazole rings is 1. The number of aliphatic hydroxyl groups excluding tert-OH is 2. The number of ether oxygens (including phenoxy) is 2. The number of hydrogen-bond donors (Lipinski definition) is 4. The van der Waals surface area contributed by atoms with Crippen molar-refractivity contribution in [1.82, 2.24) is 15.2 Å². The summed E-state index contributed by atoms with van der Waals surface area (Å²) in [6.07, 6.45) is 16.0. The van der Waals surface area contributed by atoms with Gasteiger partial charge < -0.3 is 39.4 Å². The molecule has 0 saturated carbocycles. The molecular formula is C36H51N3O9. The number of nitrogens with zero attached hydrogens (tertiary/aromatic N) is 2. The molecule has 3 rings (SSSR count). The Hall–Kier alpha value is -3.84. The van der Waals surface area contributed by atoms with Gasteiger partial charge in [-0.2, -0.15) is 0 Å². The first kappa shape index (κ1) is 38.6. The smallest absolute Gasteiger partial charge is 0.339 e. The minimum Gasteiger partial charge on any atom is -0.457 e. The highest BCUT2D eigenvalue weighted by atomic mass is 16.6. The van der Waals surface area contributed by atoms with Gasteiger partial charge in [-0.05, 0) is 45.6 Å². The van der Waals surface area contributed by atoms with E-state index in [9.17, 15) is 29.7 Å². The first-order chi connectivity index (χ1) is 22.6. The predicted octanol–water partition coefficient (Wildman–Crippen LogP) is 2.82. The van der Waals surface area contributed by atoms with Crippen molar-refractivity contribution in [3.63, 3.8) is 0 Å². The number of nitrogens with one attached hydrogen (secondary N) is 1. The van der Waals surface area contributed by atoms with Crippen LogP contribution in [-0.2, 0) is 30.3 Å². The molecule has 12 heteroatoms. The number of carbonyl (C=O) groups is 3. The largest absolute Gasteiger partial charge is 0.457 e. The molecule has 0 radical (unpaired) electrons. The van der Waals surface area contributed by atoms with Crippen LogP contribution in [0.25, 0.3) is 0 Å². The number of amides is 2. The maximum absolute atomic E-state index is 12.9. The Morgan fingerprint density at radius 2 is 1.85 bits per heavy atom. The van der Waals surface area contributed by atoms with Gasteiger partial charge in [0, 0.05) is 27.1 Å². The quantitative estimate of drug-likeness (QED) is 0.152. The van der Waals surface area contributed by atoms with Crippen LogP contribution in [0.5, 0.6) is 0 Å². The van der Waals surface area contributed by atoms with Crippen molar-refractivity contribution in [3.8, 4) is 0 Å². The highest BCUT2D eigenvalue weighted by molar-refractivity contribution is 5.99. The number of esters is 1. The molecule has 4 N–H and O–H groups in total. The van der Waals surface area contributed by atoms with Crippen LogP contribution in [0.1, 0.15) is 53.7 Å². The lowest BCUT2D eigenvalue weighted by atomic mass is 9.65. The fourth-order valence-electron chi connectivity index (χ4n) is 6.61. The molecule has 3 heterocycles. The maximum atomic E-state index is 12.9. The first-order valence-corrected chi connectivity index (χ1v) is 16.2. The minimum atomic E-state index is -1.86. The molecular weight excluding hydrogens is 618 g/mol. The maximum Gasteiger partial charge on any atom is 0.339 e. The Bertz CT molecular complexity index is 1430. The van der Waals surface area contributed by atoms with Crippen LogP contribution in [0.3, 0.4) is 0 Å². The van der Waals surface area contributed by atoms with E-state index in [1.54, 1.807) is 84.2 Å². The van der Waals surface area contributed by atoms with Crippen molar-refractivity contribution >= 4 is 17.8 Å². The number of hydrogen-bond acceptors (Lipinski definition) is 10. The molecule has 0 aromatic carbocycles. The van der Waals surface area contributed by atoms with Crippen molar-refractivity contribution in [3.05, 3.63) is 78.6 Å². The zero-order valence-electron chi connectivity index (χ0n) is 29.1. The van der Waals surface area contributed by atoms with Crippen LogP contribution < -0.4 is 5.32 Å². The van der Waals surface area contributed by atoms with E-state index in [0.29, 0.717) is 12.0 Å². The lowest BCUT2D eigenvalue weighted by molar-refractivity contribution is -0.255. The summed E-state index contributed by atoms with van der Waals surface area (Å²) in [7, 11) is 2.89. The summed E-state index contributed by atoms with van der Waals surface area (Å²) in [6.45, 7) is 10.3. The fraction of sp³-hybridized carbons (Fsp3) is 0.556. The fourth-order valence-corrected chi connectivity index (χ4v) is 6.61. The number of cyclic esters (lactones) is 1. The van der Waals surface area contributed by atoms with Crippen LogP contribution >= 0.6 is 0 Å². The van der Waals surface area contributed by atoms with Crippen molar-refractivity contribution in [2.45, 2.75) is 89.9 Å². The molecule has 1 aromatic rings. The average molecular weight is 670 g/mol. The summed E-state index contributed by atoms with van der Waals surface area (Å²) >= 11 is 0. The second-order valence-electron chi connectivity index (χ2n) is 13.2. The summed E-state index contributed by atoms with van der Waals surface area (Å²) < 4.78 is 16.0. The lowest BCUT2D eigenvalue weighted by Gasteiger charge is -2.55. The van der Waals surface area contributed by atoms with Crippen LogP contribution in [0, 0.1) is 17.3 Å². The van der Waals surface area contributed by atoms with Crippen molar-refractivity contribution in [2.24, 2.45) is 17.3 Å². The molecule has 0 unspecified atom stereocenters. The van der Waals surface area contributed by atoms with Crippen molar-refractivity contribution in [1.29, 1.82) is 0 Å². The number of rotatable bonds is 16. The van der Waals surface area contributed by atoms with Gasteiger partial charge in [0.25, 0.3) is 0 Å². The molecule has 2 aliphatic rings. The number of aromatic nitrogens is 1. The molecule has 8 atom stereocenters. The summed E-state index contributed by atoms with van der Waals surface area (Å²) in [5.74, 6) is -1.95. The number of allylic oxidation sites excluding steroid dienone is 7. The molecule has 1 spiro atoms. The summed E-state index contributed by atoms with van der Waals surface area (Å²) in [6, 6.07) is 0. The second kappa shape index (κ2) is 16.0. The molecule has 2 saturated heterocycles. The SMILES string of the molecule is CO[C@@H](C[C@@H](C)[C@@H](O)/C=C/C=C/CNC(=O)C(C)(C)[C@H](O)\C(C)=C/C=C/C=C/Cc1cnco1)[C@]1(O)[C@@H](C)C(=O)N(C)[C@]12C(=O)O[C@@H]2C. The van der Waals surface area contributed by atoms with Crippen LogP contribution in [0.15, 0.2) is 77.3 Å². The third kappa shape index (κ3) is 7.41. The lowest BCUT2D eigenvalue weighted by Crippen LogP contribution is -2.80. The molecule has 264 valence electrons. The summed E-state index contributed by atoms with van der Waals surface area (Å²) in [5, 5.41) is 36.5. The molecule has 2 fully saturated rings. The van der Waals surface area contributed by atoms with E-state index < -0.39 is 58.8 Å². The van der Waals surface area contributed by atoms with E-state index in [-0.39, 0.29) is 24.8 Å². The number of carbonyl (C=O) groups excluding carboxylic acids is 3. The van der Waals surface area contributed by atoms with Gasteiger partial charge >= 0.3 is 5.97 Å². The number of likely N-dealkylation sites (N-methyl/N-ethyl adjacent to an activating group) is 1. The normalized spacial score (nSPS) is 27.7. The average Bonchev–Trinajstić information content (AvgIpc) is 3.63. The van der Waals surface area contributed by atoms with E-state index in [1.807, 2.05) is 18.2 Å². The standard InChI is InChI=1S/C36H51N3O9/c1-23(16-12-9-10-13-17-27-21-37-22-47-27)30(41)34(5,6)32(43)38-19-15-11-14-18-28(40)24(2)20-29(46-8)36(45)25(3)31(42)39(7)35(36)26(4)48-33(35)44/h9-16,18,21-22,24-26,28-30,40-41,45H,17,19-20H2,1-8H3,(H,38,43)/b12-9+,13-10+,15-11+,18-14+,23-16-/t24-,25+,26-,28+,29+,30-,35-,36-/m1/s1.